The van der Waals surface area contributed by atoms with Crippen LogP contribution in [0.3, 0.4) is 0 Å². The molecule has 108 valence electrons. The van der Waals surface area contributed by atoms with Gasteiger partial charge in [-0.3, -0.25) is 4.79 Å². The van der Waals surface area contributed by atoms with Crippen LogP contribution in [0.15, 0.2) is 24.3 Å². The Kier molecular flexibility index (Phi) is 4.03. The Labute approximate surface area is 119 Å². The van der Waals surface area contributed by atoms with Gasteiger partial charge in [0, 0.05) is 19.1 Å². The van der Waals surface area contributed by atoms with Gasteiger partial charge in [-0.25, -0.2) is 0 Å². The molecule has 0 radical (unpaired) electrons. The van der Waals surface area contributed by atoms with Crippen LogP contribution in [0.25, 0.3) is 0 Å². The maximum atomic E-state index is 12.7. The molecule has 2 aliphatic rings. The summed E-state index contributed by atoms with van der Waals surface area (Å²) in [7, 11) is 0. The molecule has 0 saturated carbocycles. The zero-order chi connectivity index (χ0) is 13.9. The van der Waals surface area contributed by atoms with E-state index in [-0.39, 0.29) is 18.4 Å². The van der Waals surface area contributed by atoms with Crippen molar-refractivity contribution in [1.82, 2.24) is 10.2 Å². The van der Waals surface area contributed by atoms with Gasteiger partial charge in [0.15, 0.2) is 0 Å². The molecule has 20 heavy (non-hydrogen) atoms. The zero-order valence-corrected chi connectivity index (χ0v) is 11.7. The molecule has 1 amide bonds. The molecule has 0 spiro atoms. The van der Waals surface area contributed by atoms with Crippen molar-refractivity contribution in [3.63, 3.8) is 0 Å². The van der Waals surface area contributed by atoms with Gasteiger partial charge in [0.05, 0.1) is 12.5 Å². The van der Waals surface area contributed by atoms with Crippen LogP contribution in [-0.2, 0) is 11.2 Å². The van der Waals surface area contributed by atoms with E-state index in [1.165, 1.54) is 17.5 Å². The van der Waals surface area contributed by atoms with E-state index in [1.807, 2.05) is 23.1 Å². The number of nitrogens with one attached hydrogen (secondary N) is 1. The van der Waals surface area contributed by atoms with Crippen molar-refractivity contribution in [2.24, 2.45) is 0 Å². The first-order valence-electron chi connectivity index (χ1n) is 7.50. The van der Waals surface area contributed by atoms with E-state index in [0.717, 1.165) is 25.9 Å². The largest absolute Gasteiger partial charge is 0.395 e. The maximum absolute atomic E-state index is 12.7. The molecule has 3 rings (SSSR count). The van der Waals surface area contributed by atoms with Crippen molar-refractivity contribution in [3.05, 3.63) is 35.4 Å². The smallest absolute Gasteiger partial charge is 0.230 e. The van der Waals surface area contributed by atoms with E-state index in [1.54, 1.807) is 0 Å². The molecule has 2 N–H and O–H groups in total. The van der Waals surface area contributed by atoms with Crippen molar-refractivity contribution >= 4 is 5.91 Å². The number of fused-ring (bicyclic) bond motifs is 1. The fraction of sp³-hybridized carbons (Fsp3) is 0.562. The normalized spacial score (nSPS) is 24.1. The number of hydrogen-bond donors (Lipinski definition) is 2. The monoisotopic (exact) mass is 274 g/mol. The van der Waals surface area contributed by atoms with E-state index in [0.29, 0.717) is 12.6 Å². The van der Waals surface area contributed by atoms with E-state index < -0.39 is 0 Å². The second-order valence-corrected chi connectivity index (χ2v) is 5.76. The minimum atomic E-state index is -0.000784. The number of aliphatic hydroxyl groups excluding tert-OH is 1. The minimum Gasteiger partial charge on any atom is -0.395 e. The lowest BCUT2D eigenvalue weighted by Crippen LogP contribution is -2.46. The Morgan fingerprint density at radius 3 is 2.95 bits per heavy atom. The summed E-state index contributed by atoms with van der Waals surface area (Å²) >= 11 is 0. The van der Waals surface area contributed by atoms with Crippen LogP contribution >= 0.6 is 0 Å². The third-order valence-corrected chi connectivity index (χ3v) is 4.44. The molecule has 2 unspecified atom stereocenters. The van der Waals surface area contributed by atoms with Gasteiger partial charge in [0.25, 0.3) is 0 Å². The standard InChI is InChI=1S/C16H22N2O2/c19-9-8-18(11-13-5-3-7-17-13)16(20)15-10-12-4-1-2-6-14(12)15/h1-2,4,6,13,15,17,19H,3,5,7-11H2. The molecule has 1 fully saturated rings. The molecule has 1 aliphatic heterocycles. The first kappa shape index (κ1) is 13.6. The molecular weight excluding hydrogens is 252 g/mol. The summed E-state index contributed by atoms with van der Waals surface area (Å²) < 4.78 is 0. The van der Waals surface area contributed by atoms with Crippen LogP contribution < -0.4 is 5.32 Å². The van der Waals surface area contributed by atoms with Crippen LogP contribution in [0.4, 0.5) is 0 Å². The Morgan fingerprint density at radius 2 is 2.25 bits per heavy atom. The van der Waals surface area contributed by atoms with Gasteiger partial charge >= 0.3 is 0 Å². The van der Waals surface area contributed by atoms with Crippen molar-refractivity contribution in [2.75, 3.05) is 26.2 Å². The van der Waals surface area contributed by atoms with Crippen molar-refractivity contribution in [3.8, 4) is 0 Å². The van der Waals surface area contributed by atoms with Gasteiger partial charge < -0.3 is 15.3 Å². The lowest BCUT2D eigenvalue weighted by atomic mass is 9.77. The fourth-order valence-electron chi connectivity index (χ4n) is 3.29. The van der Waals surface area contributed by atoms with E-state index in [2.05, 4.69) is 11.4 Å². The molecule has 1 aromatic carbocycles. The van der Waals surface area contributed by atoms with E-state index >= 15 is 0 Å². The van der Waals surface area contributed by atoms with Gasteiger partial charge in [-0.05, 0) is 36.9 Å². The van der Waals surface area contributed by atoms with Gasteiger partial charge in [0.2, 0.25) is 5.91 Å². The molecule has 0 aromatic heterocycles. The molecule has 4 nitrogen and oxygen atoms in total. The summed E-state index contributed by atoms with van der Waals surface area (Å²) in [6, 6.07) is 8.54. The summed E-state index contributed by atoms with van der Waals surface area (Å²) in [5, 5.41) is 12.6. The average Bonchev–Trinajstić information content (AvgIpc) is 2.92. The zero-order valence-electron chi connectivity index (χ0n) is 11.7. The molecule has 0 bridgehead atoms. The van der Waals surface area contributed by atoms with E-state index in [4.69, 9.17) is 0 Å². The molecule has 1 aromatic rings. The fourth-order valence-corrected chi connectivity index (χ4v) is 3.29. The highest BCUT2D eigenvalue weighted by molar-refractivity contribution is 5.87. The molecular formula is C16H22N2O2. The van der Waals surface area contributed by atoms with E-state index in [9.17, 15) is 9.90 Å². The SMILES string of the molecule is O=C(C1Cc2ccccc21)N(CCO)CC1CCCN1. The summed E-state index contributed by atoms with van der Waals surface area (Å²) in [4.78, 5) is 14.5. The second-order valence-electron chi connectivity index (χ2n) is 5.76. The molecule has 1 aliphatic carbocycles. The number of aliphatic hydroxyl groups is 1. The first-order valence-corrected chi connectivity index (χ1v) is 7.50. The van der Waals surface area contributed by atoms with Crippen molar-refractivity contribution in [1.29, 1.82) is 0 Å². The average molecular weight is 274 g/mol. The van der Waals surface area contributed by atoms with Crippen LogP contribution in [-0.4, -0.2) is 48.2 Å². The number of amides is 1. The number of carbonyl (C=O) groups is 1. The number of rotatable bonds is 5. The Balaban J connectivity index is 1.67. The number of carbonyl (C=O) groups excluding carboxylic acids is 1. The molecule has 1 heterocycles. The minimum absolute atomic E-state index is 0.000784. The van der Waals surface area contributed by atoms with Crippen LogP contribution in [0.2, 0.25) is 0 Å². The van der Waals surface area contributed by atoms with Crippen molar-refractivity contribution in [2.45, 2.75) is 31.2 Å². The first-order chi connectivity index (χ1) is 9.79. The maximum Gasteiger partial charge on any atom is 0.230 e. The van der Waals surface area contributed by atoms with Crippen LogP contribution in [0, 0.1) is 0 Å². The highest BCUT2D eigenvalue weighted by Crippen LogP contribution is 2.36. The summed E-state index contributed by atoms with van der Waals surface area (Å²) in [6.45, 7) is 2.23. The topological polar surface area (TPSA) is 52.6 Å². The Morgan fingerprint density at radius 1 is 1.40 bits per heavy atom. The van der Waals surface area contributed by atoms with Gasteiger partial charge in [0.1, 0.15) is 0 Å². The number of benzene rings is 1. The molecule has 4 heteroatoms. The van der Waals surface area contributed by atoms with Gasteiger partial charge in [-0.15, -0.1) is 0 Å². The summed E-state index contributed by atoms with van der Waals surface area (Å²) in [6.07, 6.45) is 3.14. The molecule has 2 atom stereocenters. The van der Waals surface area contributed by atoms with Crippen LogP contribution in [0.1, 0.15) is 29.9 Å². The third-order valence-electron chi connectivity index (χ3n) is 4.44. The summed E-state index contributed by atoms with van der Waals surface area (Å²) in [5.74, 6) is 0.172. The van der Waals surface area contributed by atoms with Gasteiger partial charge in [-0.2, -0.15) is 0 Å². The Bertz CT molecular complexity index is 483. The van der Waals surface area contributed by atoms with Crippen LogP contribution in [0.5, 0.6) is 0 Å². The predicted molar refractivity (Wildman–Crippen MR) is 77.6 cm³/mol. The number of hydrogen-bond acceptors (Lipinski definition) is 3. The lowest BCUT2D eigenvalue weighted by Gasteiger charge is -2.35. The third kappa shape index (κ3) is 2.58. The predicted octanol–water partition coefficient (Wildman–Crippen LogP) is 0.899. The highest BCUT2D eigenvalue weighted by atomic mass is 16.3. The van der Waals surface area contributed by atoms with Crippen molar-refractivity contribution < 1.29 is 9.90 Å². The second kappa shape index (κ2) is 5.94. The highest BCUT2D eigenvalue weighted by Gasteiger charge is 2.35. The number of nitrogens with zero attached hydrogens (tertiary/aromatic N) is 1. The van der Waals surface area contributed by atoms with Gasteiger partial charge in [-0.1, -0.05) is 24.3 Å². The molecule has 1 saturated heterocycles. The Hall–Kier alpha value is -1.39. The quantitative estimate of drug-likeness (QED) is 0.839. The lowest BCUT2D eigenvalue weighted by molar-refractivity contribution is -0.134. The summed E-state index contributed by atoms with van der Waals surface area (Å²) in [5.41, 5.74) is 2.45.